The van der Waals surface area contributed by atoms with Crippen LogP contribution in [0.4, 0.5) is 0 Å². The molecule has 17 heavy (non-hydrogen) atoms. The highest BCUT2D eigenvalue weighted by molar-refractivity contribution is 6.42. The van der Waals surface area contributed by atoms with E-state index in [4.69, 9.17) is 16.3 Å². The van der Waals surface area contributed by atoms with Gasteiger partial charge in [-0.3, -0.25) is 4.79 Å². The fourth-order valence-corrected chi connectivity index (χ4v) is 1.73. The lowest BCUT2D eigenvalue weighted by atomic mass is 10.1. The van der Waals surface area contributed by atoms with Crippen LogP contribution in [0.25, 0.3) is 10.9 Å². The minimum atomic E-state index is -1.79. The molecule has 6 nitrogen and oxygen atoms in total. The highest BCUT2D eigenvalue weighted by Crippen LogP contribution is 2.31. The maximum atomic E-state index is 11.4. The second-order valence-electron chi connectivity index (χ2n) is 3.19. The summed E-state index contributed by atoms with van der Waals surface area (Å²) in [5, 5.41) is 11.0. The summed E-state index contributed by atoms with van der Waals surface area (Å²) in [5.74, 6) is -2.67. The van der Waals surface area contributed by atoms with Crippen LogP contribution in [-0.2, 0) is 4.79 Å². The number of ether oxygens (including phenoxy) is 1. The van der Waals surface area contributed by atoms with Crippen LogP contribution in [0.15, 0.2) is 12.4 Å². The van der Waals surface area contributed by atoms with Crippen LogP contribution >= 0.6 is 11.6 Å². The third-order valence-corrected chi connectivity index (χ3v) is 2.56. The zero-order valence-electron chi connectivity index (χ0n) is 8.61. The number of halogens is 1. The van der Waals surface area contributed by atoms with Gasteiger partial charge < -0.3 is 19.6 Å². The number of ketones is 1. The first-order chi connectivity index (χ1) is 8.06. The lowest BCUT2D eigenvalue weighted by Crippen LogP contribution is -2.31. The normalized spacial score (nSPS) is 10.5. The van der Waals surface area contributed by atoms with E-state index in [1.807, 2.05) is 0 Å². The summed E-state index contributed by atoms with van der Waals surface area (Å²) in [6.45, 7) is 0. The van der Waals surface area contributed by atoms with E-state index in [1.54, 1.807) is 0 Å². The molecular formula is C10H6ClN2O4-. The van der Waals surface area contributed by atoms with Crippen molar-refractivity contribution in [1.82, 2.24) is 9.97 Å². The molecule has 2 aromatic heterocycles. The van der Waals surface area contributed by atoms with Gasteiger partial charge in [0.15, 0.2) is 5.15 Å². The second-order valence-corrected chi connectivity index (χ2v) is 3.54. The smallest absolute Gasteiger partial charge is 0.210 e. The first-order valence-electron chi connectivity index (χ1n) is 4.51. The molecule has 0 saturated heterocycles. The average Bonchev–Trinajstić information content (AvgIpc) is 2.74. The summed E-state index contributed by atoms with van der Waals surface area (Å²) in [6, 6.07) is 0. The quantitative estimate of drug-likeness (QED) is 0.477. The van der Waals surface area contributed by atoms with Crippen molar-refractivity contribution in [3.05, 3.63) is 23.1 Å². The molecule has 7 heteroatoms. The first-order valence-corrected chi connectivity index (χ1v) is 4.89. The Morgan fingerprint density at radius 3 is 2.82 bits per heavy atom. The van der Waals surface area contributed by atoms with Crippen LogP contribution in [0, 0.1) is 0 Å². The van der Waals surface area contributed by atoms with Gasteiger partial charge in [-0.25, -0.2) is 4.98 Å². The number of rotatable bonds is 3. The third-order valence-electron chi connectivity index (χ3n) is 2.28. The standard InChI is InChI=1S/C10H7ClN2O4/c1-17-5-3-13-9(11)7-6(5)4(2-12-7)8(14)10(15)16/h2-3,12H,1H3,(H,15,16)/p-1. The second kappa shape index (κ2) is 4.06. The van der Waals surface area contributed by atoms with Crippen LogP contribution in [0.1, 0.15) is 10.4 Å². The average molecular weight is 254 g/mol. The summed E-state index contributed by atoms with van der Waals surface area (Å²) in [7, 11) is 1.38. The van der Waals surface area contributed by atoms with Gasteiger partial charge in [-0.1, -0.05) is 11.6 Å². The Hall–Kier alpha value is -2.08. The lowest BCUT2D eigenvalue weighted by Gasteiger charge is -2.05. The fraction of sp³-hybridized carbons (Fsp3) is 0.100. The summed E-state index contributed by atoms with van der Waals surface area (Å²) in [5.41, 5.74) is 0.275. The highest BCUT2D eigenvalue weighted by atomic mass is 35.5. The number of nitrogens with zero attached hydrogens (tertiary/aromatic N) is 1. The van der Waals surface area contributed by atoms with Crippen LogP contribution in [0.2, 0.25) is 5.15 Å². The zero-order chi connectivity index (χ0) is 12.6. The molecule has 0 saturated carbocycles. The number of aromatic nitrogens is 2. The van der Waals surface area contributed by atoms with Crippen molar-refractivity contribution in [3.8, 4) is 5.75 Å². The topological polar surface area (TPSA) is 95.1 Å². The summed E-state index contributed by atoms with van der Waals surface area (Å²) < 4.78 is 5.00. The molecule has 2 aromatic rings. The molecule has 0 aliphatic heterocycles. The van der Waals surface area contributed by atoms with Crippen LogP contribution in [0.3, 0.4) is 0 Å². The Balaban J connectivity index is 2.78. The number of nitrogens with one attached hydrogen (secondary N) is 1. The molecular weight excluding hydrogens is 248 g/mol. The van der Waals surface area contributed by atoms with Gasteiger partial charge in [-0.15, -0.1) is 0 Å². The van der Waals surface area contributed by atoms with E-state index >= 15 is 0 Å². The largest absolute Gasteiger partial charge is 0.541 e. The number of carboxylic acid groups (broad SMARTS) is 1. The molecule has 0 unspecified atom stereocenters. The number of carbonyl (C=O) groups excluding carboxylic acids is 2. The molecule has 0 aromatic carbocycles. The molecule has 0 aliphatic rings. The number of carbonyl (C=O) groups is 2. The highest BCUT2D eigenvalue weighted by Gasteiger charge is 2.18. The van der Waals surface area contributed by atoms with E-state index in [9.17, 15) is 14.7 Å². The molecule has 0 spiro atoms. The van der Waals surface area contributed by atoms with E-state index in [-0.39, 0.29) is 21.9 Å². The fourth-order valence-electron chi connectivity index (χ4n) is 1.53. The molecule has 88 valence electrons. The Morgan fingerprint density at radius 1 is 1.53 bits per heavy atom. The Labute approximate surface area is 100 Å². The zero-order valence-corrected chi connectivity index (χ0v) is 9.37. The van der Waals surface area contributed by atoms with Crippen LogP contribution < -0.4 is 9.84 Å². The maximum absolute atomic E-state index is 11.4. The summed E-state index contributed by atoms with van der Waals surface area (Å²) >= 11 is 5.81. The van der Waals surface area contributed by atoms with E-state index in [2.05, 4.69) is 9.97 Å². The van der Waals surface area contributed by atoms with Crippen LogP contribution in [0.5, 0.6) is 5.75 Å². The van der Waals surface area contributed by atoms with Gasteiger partial charge in [-0.2, -0.15) is 0 Å². The molecule has 0 radical (unpaired) electrons. The van der Waals surface area contributed by atoms with Gasteiger partial charge in [-0.05, 0) is 0 Å². The van der Waals surface area contributed by atoms with Crippen molar-refractivity contribution in [2.75, 3.05) is 7.11 Å². The lowest BCUT2D eigenvalue weighted by molar-refractivity contribution is -0.296. The minimum absolute atomic E-state index is 0.0684. The van der Waals surface area contributed by atoms with Crippen molar-refractivity contribution >= 4 is 34.3 Å². The molecule has 0 aliphatic carbocycles. The van der Waals surface area contributed by atoms with Crippen molar-refractivity contribution in [1.29, 1.82) is 0 Å². The van der Waals surface area contributed by atoms with Gasteiger partial charge in [0.1, 0.15) is 11.7 Å². The third kappa shape index (κ3) is 1.72. The number of fused-ring (bicyclic) bond motifs is 1. The summed E-state index contributed by atoms with van der Waals surface area (Å²) in [6.07, 6.45) is 2.55. The number of aromatic amines is 1. The van der Waals surface area contributed by atoms with Gasteiger partial charge in [0.05, 0.1) is 29.8 Å². The Kier molecular flexibility index (Phi) is 2.72. The number of hydrogen-bond donors (Lipinski definition) is 1. The Bertz CT molecular complexity index is 620. The van der Waals surface area contributed by atoms with Gasteiger partial charge >= 0.3 is 0 Å². The number of carboxylic acids is 1. The number of H-pyrrole nitrogens is 1. The van der Waals surface area contributed by atoms with Crippen molar-refractivity contribution in [2.24, 2.45) is 0 Å². The number of methoxy groups -OCH3 is 1. The minimum Gasteiger partial charge on any atom is -0.541 e. The van der Waals surface area contributed by atoms with Crippen molar-refractivity contribution < 1.29 is 19.4 Å². The summed E-state index contributed by atoms with van der Waals surface area (Å²) in [4.78, 5) is 28.5. The molecule has 2 heterocycles. The molecule has 0 amide bonds. The maximum Gasteiger partial charge on any atom is 0.210 e. The Morgan fingerprint density at radius 2 is 2.24 bits per heavy atom. The molecule has 1 N–H and O–H groups in total. The first kappa shape index (κ1) is 11.4. The van der Waals surface area contributed by atoms with Gasteiger partial charge in [0, 0.05) is 6.20 Å². The SMILES string of the molecule is COc1cnc(Cl)c2[nH]cc(C(=O)C(=O)[O-])c12. The monoisotopic (exact) mass is 253 g/mol. The van der Waals surface area contributed by atoms with Gasteiger partial charge in [0.2, 0.25) is 5.78 Å². The predicted octanol–water partition coefficient (Wildman–Crippen LogP) is 0.157. The molecule has 0 fully saturated rings. The van der Waals surface area contributed by atoms with Crippen molar-refractivity contribution in [2.45, 2.75) is 0 Å². The van der Waals surface area contributed by atoms with E-state index in [0.29, 0.717) is 5.52 Å². The van der Waals surface area contributed by atoms with E-state index < -0.39 is 11.8 Å². The van der Waals surface area contributed by atoms with Crippen LogP contribution in [-0.4, -0.2) is 28.8 Å². The number of Topliss-reactive ketones (excluding diaryl/α,β-unsaturated/α-hetero) is 1. The molecule has 0 atom stereocenters. The predicted molar refractivity (Wildman–Crippen MR) is 57.0 cm³/mol. The van der Waals surface area contributed by atoms with Crippen molar-refractivity contribution in [3.63, 3.8) is 0 Å². The number of hydrogen-bond acceptors (Lipinski definition) is 5. The number of pyridine rings is 1. The van der Waals surface area contributed by atoms with E-state index in [1.165, 1.54) is 19.5 Å². The van der Waals surface area contributed by atoms with E-state index in [0.717, 1.165) is 0 Å². The molecule has 0 bridgehead atoms. The number of aliphatic carboxylic acids is 1. The molecule has 2 rings (SSSR count). The van der Waals surface area contributed by atoms with Gasteiger partial charge in [0.25, 0.3) is 0 Å².